The Morgan fingerprint density at radius 1 is 1.00 bits per heavy atom. The van der Waals surface area contributed by atoms with Crippen molar-refractivity contribution in [3.05, 3.63) is 18.2 Å². The van der Waals surface area contributed by atoms with Gasteiger partial charge in [0.05, 0.1) is 33.0 Å². The highest BCUT2D eigenvalue weighted by molar-refractivity contribution is 5.35. The lowest BCUT2D eigenvalue weighted by Gasteiger charge is -2.08. The quantitative estimate of drug-likeness (QED) is 0.609. The standard InChI is InChI=1S/C13H22N2O4/c1-14-12-4-3-5-13(15-12)19-11-10-18-9-8-17-7-6-16-2/h3-5H,6-11H2,1-2H3,(H,14,15). The summed E-state index contributed by atoms with van der Waals surface area (Å²) in [5.74, 6) is 1.37. The van der Waals surface area contributed by atoms with Gasteiger partial charge in [0, 0.05) is 20.2 Å². The highest BCUT2D eigenvalue weighted by atomic mass is 16.6. The number of hydrogen-bond donors (Lipinski definition) is 1. The van der Waals surface area contributed by atoms with Gasteiger partial charge in [-0.25, -0.2) is 0 Å². The second kappa shape index (κ2) is 10.5. The first kappa shape index (κ1) is 15.7. The molecule has 1 N–H and O–H groups in total. The lowest BCUT2D eigenvalue weighted by Crippen LogP contribution is -2.12. The first-order valence-corrected chi connectivity index (χ1v) is 6.29. The average molecular weight is 270 g/mol. The summed E-state index contributed by atoms with van der Waals surface area (Å²) in [5.41, 5.74) is 0. The van der Waals surface area contributed by atoms with E-state index in [1.807, 2.05) is 25.2 Å². The van der Waals surface area contributed by atoms with Crippen LogP contribution in [0.4, 0.5) is 5.82 Å². The van der Waals surface area contributed by atoms with Gasteiger partial charge in [0.25, 0.3) is 0 Å². The summed E-state index contributed by atoms with van der Waals surface area (Å²) in [6.07, 6.45) is 0. The number of hydrogen-bond acceptors (Lipinski definition) is 6. The van der Waals surface area contributed by atoms with Crippen LogP contribution in [0.5, 0.6) is 5.88 Å². The van der Waals surface area contributed by atoms with E-state index < -0.39 is 0 Å². The number of pyridine rings is 1. The molecule has 0 saturated carbocycles. The first-order chi connectivity index (χ1) is 9.36. The van der Waals surface area contributed by atoms with E-state index in [0.29, 0.717) is 45.5 Å². The molecule has 0 aliphatic heterocycles. The molecule has 1 heterocycles. The van der Waals surface area contributed by atoms with Crippen LogP contribution < -0.4 is 10.1 Å². The van der Waals surface area contributed by atoms with E-state index in [-0.39, 0.29) is 0 Å². The molecule has 1 aromatic rings. The van der Waals surface area contributed by atoms with Gasteiger partial charge in [0.1, 0.15) is 12.4 Å². The van der Waals surface area contributed by atoms with E-state index >= 15 is 0 Å². The van der Waals surface area contributed by atoms with Crippen LogP contribution in [0.3, 0.4) is 0 Å². The molecule has 19 heavy (non-hydrogen) atoms. The lowest BCUT2D eigenvalue weighted by molar-refractivity contribution is 0.0177. The largest absolute Gasteiger partial charge is 0.475 e. The Balaban J connectivity index is 1.98. The van der Waals surface area contributed by atoms with Gasteiger partial charge >= 0.3 is 0 Å². The molecule has 0 saturated heterocycles. The molecule has 0 aliphatic rings. The minimum Gasteiger partial charge on any atom is -0.475 e. The van der Waals surface area contributed by atoms with E-state index in [4.69, 9.17) is 18.9 Å². The summed E-state index contributed by atoms with van der Waals surface area (Å²) >= 11 is 0. The Kier molecular flexibility index (Phi) is 8.70. The third-order valence-corrected chi connectivity index (χ3v) is 2.26. The summed E-state index contributed by atoms with van der Waals surface area (Å²) in [6, 6.07) is 5.58. The molecule has 0 unspecified atom stereocenters. The zero-order chi connectivity index (χ0) is 13.8. The lowest BCUT2D eigenvalue weighted by atomic mass is 10.4. The highest BCUT2D eigenvalue weighted by Crippen LogP contribution is 2.10. The van der Waals surface area contributed by atoms with E-state index in [1.54, 1.807) is 7.11 Å². The van der Waals surface area contributed by atoms with E-state index in [1.165, 1.54) is 0 Å². The number of aromatic nitrogens is 1. The van der Waals surface area contributed by atoms with Crippen molar-refractivity contribution >= 4 is 5.82 Å². The molecule has 1 rings (SSSR count). The summed E-state index contributed by atoms with van der Waals surface area (Å²) in [7, 11) is 3.47. The van der Waals surface area contributed by atoms with Crippen molar-refractivity contribution in [2.45, 2.75) is 0 Å². The molecular formula is C13H22N2O4. The van der Waals surface area contributed by atoms with Crippen molar-refractivity contribution in [2.75, 3.05) is 59.1 Å². The predicted molar refractivity (Wildman–Crippen MR) is 72.8 cm³/mol. The van der Waals surface area contributed by atoms with Crippen molar-refractivity contribution in [3.8, 4) is 5.88 Å². The van der Waals surface area contributed by atoms with Crippen molar-refractivity contribution in [1.29, 1.82) is 0 Å². The summed E-state index contributed by atoms with van der Waals surface area (Å²) in [4.78, 5) is 4.23. The Morgan fingerprint density at radius 3 is 2.37 bits per heavy atom. The minimum absolute atomic E-state index is 0.470. The van der Waals surface area contributed by atoms with Crippen molar-refractivity contribution in [1.82, 2.24) is 4.98 Å². The fraction of sp³-hybridized carbons (Fsp3) is 0.615. The van der Waals surface area contributed by atoms with Gasteiger partial charge in [-0.15, -0.1) is 0 Å². The second-order valence-electron chi connectivity index (χ2n) is 3.68. The molecule has 6 heteroatoms. The number of anilines is 1. The second-order valence-corrected chi connectivity index (χ2v) is 3.68. The molecule has 0 aromatic carbocycles. The van der Waals surface area contributed by atoms with Crippen molar-refractivity contribution in [3.63, 3.8) is 0 Å². The Hall–Kier alpha value is -1.37. The zero-order valence-corrected chi connectivity index (χ0v) is 11.6. The molecular weight excluding hydrogens is 248 g/mol. The van der Waals surface area contributed by atoms with E-state index in [0.717, 1.165) is 5.82 Å². The fourth-order valence-corrected chi connectivity index (χ4v) is 1.30. The summed E-state index contributed by atoms with van der Waals surface area (Å²) in [5, 5.41) is 2.95. The molecule has 1 aromatic heterocycles. The molecule has 0 radical (unpaired) electrons. The van der Waals surface area contributed by atoms with Gasteiger partial charge in [-0.3, -0.25) is 0 Å². The number of rotatable bonds is 11. The van der Waals surface area contributed by atoms with Gasteiger partial charge in [-0.05, 0) is 6.07 Å². The molecule has 0 aliphatic carbocycles. The van der Waals surface area contributed by atoms with E-state index in [9.17, 15) is 0 Å². The van der Waals surface area contributed by atoms with Gasteiger partial charge < -0.3 is 24.3 Å². The van der Waals surface area contributed by atoms with Gasteiger partial charge in [-0.2, -0.15) is 4.98 Å². The molecule has 0 atom stereocenters. The predicted octanol–water partition coefficient (Wildman–Crippen LogP) is 1.18. The summed E-state index contributed by atoms with van der Waals surface area (Å²) < 4.78 is 20.9. The number of nitrogens with one attached hydrogen (secondary N) is 1. The Labute approximate surface area is 114 Å². The maximum absolute atomic E-state index is 5.46. The van der Waals surface area contributed by atoms with Crippen molar-refractivity contribution < 1.29 is 18.9 Å². The minimum atomic E-state index is 0.470. The molecule has 0 spiro atoms. The normalized spacial score (nSPS) is 10.4. The van der Waals surface area contributed by atoms with Crippen LogP contribution in [0.15, 0.2) is 18.2 Å². The molecule has 0 amide bonds. The molecule has 0 fully saturated rings. The third-order valence-electron chi connectivity index (χ3n) is 2.26. The first-order valence-electron chi connectivity index (χ1n) is 6.29. The van der Waals surface area contributed by atoms with Crippen molar-refractivity contribution in [2.24, 2.45) is 0 Å². The number of nitrogens with zero attached hydrogens (tertiary/aromatic N) is 1. The maximum Gasteiger partial charge on any atom is 0.215 e. The van der Waals surface area contributed by atoms with Gasteiger partial charge in [-0.1, -0.05) is 6.07 Å². The van der Waals surface area contributed by atoms with Crippen LogP contribution in [0, 0.1) is 0 Å². The Bertz CT molecular complexity index is 336. The van der Waals surface area contributed by atoms with Gasteiger partial charge in [0.2, 0.25) is 5.88 Å². The molecule has 108 valence electrons. The molecule has 6 nitrogen and oxygen atoms in total. The van der Waals surface area contributed by atoms with Crippen LogP contribution in [0.2, 0.25) is 0 Å². The smallest absolute Gasteiger partial charge is 0.215 e. The maximum atomic E-state index is 5.46. The van der Waals surface area contributed by atoms with Crippen LogP contribution in [0.25, 0.3) is 0 Å². The highest BCUT2D eigenvalue weighted by Gasteiger charge is 1.97. The van der Waals surface area contributed by atoms with E-state index in [2.05, 4.69) is 10.3 Å². The average Bonchev–Trinajstić information content (AvgIpc) is 2.46. The molecule has 0 bridgehead atoms. The van der Waals surface area contributed by atoms with Crippen LogP contribution in [-0.2, 0) is 14.2 Å². The van der Waals surface area contributed by atoms with Crippen LogP contribution in [0.1, 0.15) is 0 Å². The van der Waals surface area contributed by atoms with Crippen LogP contribution >= 0.6 is 0 Å². The SMILES string of the molecule is CNc1cccc(OCCOCCOCCOC)n1. The van der Waals surface area contributed by atoms with Crippen LogP contribution in [-0.4, -0.2) is 58.8 Å². The number of methoxy groups -OCH3 is 1. The van der Waals surface area contributed by atoms with Gasteiger partial charge in [0.15, 0.2) is 0 Å². The third kappa shape index (κ3) is 7.61. The fourth-order valence-electron chi connectivity index (χ4n) is 1.30. The zero-order valence-electron chi connectivity index (χ0n) is 11.6. The number of ether oxygens (including phenoxy) is 4. The topological polar surface area (TPSA) is 61.8 Å². The Morgan fingerprint density at radius 2 is 1.68 bits per heavy atom. The summed E-state index contributed by atoms with van der Waals surface area (Å²) in [6.45, 7) is 3.30. The monoisotopic (exact) mass is 270 g/mol.